The highest BCUT2D eigenvalue weighted by molar-refractivity contribution is 5.89. The van der Waals surface area contributed by atoms with Crippen molar-refractivity contribution in [1.29, 1.82) is 0 Å². The highest BCUT2D eigenvalue weighted by Gasteiger charge is 2.21. The number of anilines is 1. The number of rotatable bonds is 4. The third kappa shape index (κ3) is 4.17. The van der Waals surface area contributed by atoms with Crippen LogP contribution in [0.15, 0.2) is 47.1 Å². The fraction of sp³-hybridized carbons (Fsp3) is 0.421. The van der Waals surface area contributed by atoms with Crippen LogP contribution >= 0.6 is 0 Å². The van der Waals surface area contributed by atoms with E-state index in [1.165, 1.54) is 5.56 Å². The molecule has 2 aromatic rings. The Bertz CT molecular complexity index is 642. The van der Waals surface area contributed by atoms with Crippen LogP contribution in [0.5, 0.6) is 0 Å². The van der Waals surface area contributed by atoms with Crippen LogP contribution in [0, 0.1) is 0 Å². The van der Waals surface area contributed by atoms with E-state index in [9.17, 15) is 4.79 Å². The Labute approximate surface area is 143 Å². The molecule has 0 atom stereocenters. The molecule has 0 saturated carbocycles. The summed E-state index contributed by atoms with van der Waals surface area (Å²) in [4.78, 5) is 16.6. The third-order valence-electron chi connectivity index (χ3n) is 4.45. The number of urea groups is 1. The number of benzene rings is 1. The zero-order valence-electron chi connectivity index (χ0n) is 14.4. The van der Waals surface area contributed by atoms with Crippen LogP contribution in [0.3, 0.4) is 0 Å². The van der Waals surface area contributed by atoms with Crippen molar-refractivity contribution in [3.8, 4) is 0 Å². The summed E-state index contributed by atoms with van der Waals surface area (Å²) in [5.41, 5.74) is 2.13. The molecule has 1 aliphatic heterocycles. The molecular weight excluding hydrogens is 302 g/mol. The molecule has 2 amide bonds. The molecule has 0 spiro atoms. The molecule has 0 aliphatic carbocycles. The number of piperazine rings is 1. The number of carbonyl (C=O) groups excluding carboxylic acids is 1. The molecule has 1 aliphatic rings. The van der Waals surface area contributed by atoms with E-state index in [4.69, 9.17) is 4.42 Å². The molecule has 1 fully saturated rings. The van der Waals surface area contributed by atoms with Crippen molar-refractivity contribution in [2.24, 2.45) is 0 Å². The number of hydrogen-bond acceptors (Lipinski definition) is 3. The minimum Gasteiger partial charge on any atom is -0.468 e. The van der Waals surface area contributed by atoms with Gasteiger partial charge in [-0.15, -0.1) is 0 Å². The molecule has 1 N–H and O–H groups in total. The lowest BCUT2D eigenvalue weighted by Crippen LogP contribution is -2.49. The van der Waals surface area contributed by atoms with Gasteiger partial charge >= 0.3 is 6.03 Å². The smallest absolute Gasteiger partial charge is 0.321 e. The highest BCUT2D eigenvalue weighted by atomic mass is 16.3. The number of amides is 2. The standard InChI is InChI=1S/C19H25N3O2/c1-15(2)16-5-7-17(8-6-16)20-19(23)22-11-9-21(10-12-22)14-18-4-3-13-24-18/h3-8,13,15H,9-12,14H2,1-2H3,(H,20,23). The summed E-state index contributed by atoms with van der Waals surface area (Å²) >= 11 is 0. The summed E-state index contributed by atoms with van der Waals surface area (Å²) in [7, 11) is 0. The normalized spacial score (nSPS) is 15.7. The van der Waals surface area contributed by atoms with Gasteiger partial charge in [0.1, 0.15) is 5.76 Å². The van der Waals surface area contributed by atoms with Crippen molar-refractivity contribution in [1.82, 2.24) is 9.80 Å². The first kappa shape index (κ1) is 16.6. The highest BCUT2D eigenvalue weighted by Crippen LogP contribution is 2.18. The molecule has 5 heteroatoms. The number of carbonyl (C=O) groups is 1. The summed E-state index contributed by atoms with van der Waals surface area (Å²) in [5.74, 6) is 1.47. The molecule has 0 radical (unpaired) electrons. The van der Waals surface area contributed by atoms with E-state index < -0.39 is 0 Å². The summed E-state index contributed by atoms with van der Waals surface area (Å²) < 4.78 is 5.38. The van der Waals surface area contributed by atoms with Crippen LogP contribution < -0.4 is 5.32 Å². The van der Waals surface area contributed by atoms with Gasteiger partial charge in [-0.25, -0.2) is 4.79 Å². The maximum atomic E-state index is 12.4. The van der Waals surface area contributed by atoms with Crippen molar-refractivity contribution in [2.75, 3.05) is 31.5 Å². The molecule has 128 valence electrons. The first-order chi connectivity index (χ1) is 11.6. The van der Waals surface area contributed by atoms with E-state index in [1.54, 1.807) is 6.26 Å². The van der Waals surface area contributed by atoms with Gasteiger partial charge in [0.15, 0.2) is 0 Å². The summed E-state index contributed by atoms with van der Waals surface area (Å²) in [6, 6.07) is 12.0. The quantitative estimate of drug-likeness (QED) is 0.930. The summed E-state index contributed by atoms with van der Waals surface area (Å²) in [5, 5.41) is 2.99. The zero-order chi connectivity index (χ0) is 16.9. The minimum absolute atomic E-state index is 0.0232. The second-order valence-electron chi connectivity index (χ2n) is 6.55. The Morgan fingerprint density at radius 1 is 1.12 bits per heavy atom. The van der Waals surface area contributed by atoms with E-state index in [0.29, 0.717) is 5.92 Å². The van der Waals surface area contributed by atoms with E-state index in [-0.39, 0.29) is 6.03 Å². The molecule has 5 nitrogen and oxygen atoms in total. The lowest BCUT2D eigenvalue weighted by Gasteiger charge is -2.34. The van der Waals surface area contributed by atoms with E-state index in [0.717, 1.165) is 44.2 Å². The number of hydrogen-bond donors (Lipinski definition) is 1. The zero-order valence-corrected chi connectivity index (χ0v) is 14.4. The van der Waals surface area contributed by atoms with E-state index in [2.05, 4.69) is 36.2 Å². The van der Waals surface area contributed by atoms with Gasteiger partial charge in [-0.1, -0.05) is 26.0 Å². The number of nitrogens with zero attached hydrogens (tertiary/aromatic N) is 2. The van der Waals surface area contributed by atoms with Crippen LogP contribution in [0.1, 0.15) is 31.1 Å². The fourth-order valence-corrected chi connectivity index (χ4v) is 2.89. The number of nitrogens with one attached hydrogen (secondary N) is 1. The minimum atomic E-state index is -0.0232. The van der Waals surface area contributed by atoms with Gasteiger partial charge < -0.3 is 14.6 Å². The SMILES string of the molecule is CC(C)c1ccc(NC(=O)N2CCN(Cc3ccco3)CC2)cc1. The molecule has 0 bridgehead atoms. The fourth-order valence-electron chi connectivity index (χ4n) is 2.89. The molecule has 3 rings (SSSR count). The van der Waals surface area contributed by atoms with Crippen LogP contribution in [-0.4, -0.2) is 42.0 Å². The van der Waals surface area contributed by atoms with Gasteiger partial charge in [0.05, 0.1) is 12.8 Å². The van der Waals surface area contributed by atoms with Crippen LogP contribution in [0.2, 0.25) is 0 Å². The molecule has 1 saturated heterocycles. The van der Waals surface area contributed by atoms with Crippen molar-refractivity contribution < 1.29 is 9.21 Å². The van der Waals surface area contributed by atoms with Crippen LogP contribution in [-0.2, 0) is 6.54 Å². The Morgan fingerprint density at radius 3 is 2.42 bits per heavy atom. The molecule has 2 heterocycles. The monoisotopic (exact) mass is 327 g/mol. The third-order valence-corrected chi connectivity index (χ3v) is 4.45. The van der Waals surface area contributed by atoms with Gasteiger partial charge in [-0.3, -0.25) is 4.90 Å². The number of furan rings is 1. The van der Waals surface area contributed by atoms with Gasteiger partial charge in [-0.05, 0) is 35.7 Å². The van der Waals surface area contributed by atoms with E-state index >= 15 is 0 Å². The second kappa shape index (κ2) is 7.53. The second-order valence-corrected chi connectivity index (χ2v) is 6.55. The van der Waals surface area contributed by atoms with Crippen molar-refractivity contribution in [2.45, 2.75) is 26.3 Å². The lowest BCUT2D eigenvalue weighted by atomic mass is 10.0. The van der Waals surface area contributed by atoms with Crippen LogP contribution in [0.25, 0.3) is 0 Å². The first-order valence-corrected chi connectivity index (χ1v) is 8.52. The topological polar surface area (TPSA) is 48.7 Å². The van der Waals surface area contributed by atoms with Crippen molar-refractivity contribution >= 4 is 11.7 Å². The lowest BCUT2D eigenvalue weighted by molar-refractivity contribution is 0.137. The predicted molar refractivity (Wildman–Crippen MR) is 95.1 cm³/mol. The first-order valence-electron chi connectivity index (χ1n) is 8.52. The summed E-state index contributed by atoms with van der Waals surface area (Å²) in [6.45, 7) is 8.32. The van der Waals surface area contributed by atoms with Gasteiger partial charge in [0.2, 0.25) is 0 Å². The Balaban J connectivity index is 1.48. The van der Waals surface area contributed by atoms with E-state index in [1.807, 2.05) is 29.2 Å². The molecule has 24 heavy (non-hydrogen) atoms. The largest absolute Gasteiger partial charge is 0.468 e. The van der Waals surface area contributed by atoms with Crippen LogP contribution in [0.4, 0.5) is 10.5 Å². The van der Waals surface area contributed by atoms with Gasteiger partial charge in [0.25, 0.3) is 0 Å². The predicted octanol–water partition coefficient (Wildman–Crippen LogP) is 3.75. The Hall–Kier alpha value is -2.27. The van der Waals surface area contributed by atoms with Gasteiger partial charge in [-0.2, -0.15) is 0 Å². The van der Waals surface area contributed by atoms with Crippen molar-refractivity contribution in [3.63, 3.8) is 0 Å². The molecule has 0 unspecified atom stereocenters. The summed E-state index contributed by atoms with van der Waals surface area (Å²) in [6.07, 6.45) is 1.70. The average molecular weight is 327 g/mol. The molecular formula is C19H25N3O2. The van der Waals surface area contributed by atoms with Gasteiger partial charge in [0, 0.05) is 31.9 Å². The van der Waals surface area contributed by atoms with Crippen molar-refractivity contribution in [3.05, 3.63) is 54.0 Å². The maximum absolute atomic E-state index is 12.4. The Kier molecular flexibility index (Phi) is 5.20. The molecule has 1 aromatic carbocycles. The Morgan fingerprint density at radius 2 is 1.83 bits per heavy atom. The maximum Gasteiger partial charge on any atom is 0.321 e. The molecule has 1 aromatic heterocycles. The average Bonchev–Trinajstić information content (AvgIpc) is 3.09.